The predicted molar refractivity (Wildman–Crippen MR) is 98.4 cm³/mol. The molecule has 0 spiro atoms. The van der Waals surface area contributed by atoms with E-state index in [2.05, 4.69) is 28.7 Å². The molecule has 0 bridgehead atoms. The third kappa shape index (κ3) is 5.63. The van der Waals surface area contributed by atoms with E-state index in [0.29, 0.717) is 18.2 Å². The number of carbonyl (C=O) groups excluding carboxylic acids is 1. The lowest BCUT2D eigenvalue weighted by Crippen LogP contribution is -2.49. The van der Waals surface area contributed by atoms with Gasteiger partial charge in [0.25, 0.3) is 0 Å². The number of hydrogen-bond acceptors (Lipinski definition) is 5. The lowest BCUT2D eigenvalue weighted by atomic mass is 9.85. The monoisotopic (exact) mass is 379 g/mol. The van der Waals surface area contributed by atoms with E-state index in [1.165, 1.54) is 37.8 Å². The summed E-state index contributed by atoms with van der Waals surface area (Å²) in [7, 11) is 0. The van der Waals surface area contributed by atoms with Gasteiger partial charge in [0.05, 0.1) is 24.1 Å². The summed E-state index contributed by atoms with van der Waals surface area (Å²) in [5.41, 5.74) is 2.20. The number of ketones is 1. The second kappa shape index (κ2) is 9.12. The van der Waals surface area contributed by atoms with Crippen molar-refractivity contribution in [2.75, 3.05) is 13.1 Å². The summed E-state index contributed by atoms with van der Waals surface area (Å²) in [6.07, 6.45) is 9.99. The summed E-state index contributed by atoms with van der Waals surface area (Å²) in [6, 6.07) is 0. The Morgan fingerprint density at radius 1 is 1.19 bits per heavy atom. The molecule has 1 saturated carbocycles. The molecule has 2 heterocycles. The standard InChI is InChI=1S/C17H27N3O.C2H2O4/c1-17(2)16-15(18-12-19-16)8-9-20(17)11-14(21)10-13-6-4-3-5-7-13;3-1(4)2(5)6/h12-13H,3-11H2,1-2H3,(H,18,19);(H,3,4)(H,5,6). The van der Waals surface area contributed by atoms with E-state index in [4.69, 9.17) is 19.8 Å². The van der Waals surface area contributed by atoms with Gasteiger partial charge in [-0.05, 0) is 19.8 Å². The first-order valence-electron chi connectivity index (χ1n) is 9.47. The number of imidazole rings is 1. The second-order valence-electron chi connectivity index (χ2n) is 7.82. The van der Waals surface area contributed by atoms with Crippen LogP contribution in [0.15, 0.2) is 6.33 Å². The Kier molecular flexibility index (Phi) is 7.12. The van der Waals surface area contributed by atoms with E-state index in [1.54, 1.807) is 6.33 Å². The number of aromatic nitrogens is 2. The number of rotatable bonds is 4. The Morgan fingerprint density at radius 2 is 1.81 bits per heavy atom. The number of aliphatic carboxylic acids is 2. The zero-order valence-electron chi connectivity index (χ0n) is 16.0. The summed E-state index contributed by atoms with van der Waals surface area (Å²) in [5, 5.41) is 14.8. The van der Waals surface area contributed by atoms with E-state index in [-0.39, 0.29) is 5.54 Å². The fraction of sp³-hybridized carbons (Fsp3) is 0.684. The number of H-pyrrole nitrogens is 1. The molecular formula is C19H29N3O5. The van der Waals surface area contributed by atoms with E-state index in [1.807, 2.05) is 0 Å². The molecule has 0 atom stereocenters. The molecule has 1 fully saturated rings. The molecule has 150 valence electrons. The molecule has 1 aromatic heterocycles. The molecule has 0 aromatic carbocycles. The quantitative estimate of drug-likeness (QED) is 0.685. The maximum Gasteiger partial charge on any atom is 0.414 e. The van der Waals surface area contributed by atoms with Gasteiger partial charge in [-0.15, -0.1) is 0 Å². The van der Waals surface area contributed by atoms with E-state index >= 15 is 0 Å². The van der Waals surface area contributed by atoms with Crippen molar-refractivity contribution in [1.82, 2.24) is 14.9 Å². The molecule has 0 amide bonds. The number of hydrogen-bond donors (Lipinski definition) is 3. The van der Waals surface area contributed by atoms with Crippen molar-refractivity contribution in [3.63, 3.8) is 0 Å². The molecule has 3 rings (SSSR count). The third-order valence-corrected chi connectivity index (χ3v) is 5.51. The zero-order valence-corrected chi connectivity index (χ0v) is 16.0. The van der Waals surface area contributed by atoms with Crippen LogP contribution in [0, 0.1) is 5.92 Å². The lowest BCUT2D eigenvalue weighted by molar-refractivity contribution is -0.159. The summed E-state index contributed by atoms with van der Waals surface area (Å²) < 4.78 is 0. The number of Topliss-reactive ketones (excluding diaryl/α,β-unsaturated/α-hetero) is 1. The van der Waals surface area contributed by atoms with Crippen LogP contribution in [0.1, 0.15) is 63.8 Å². The van der Waals surface area contributed by atoms with Crippen LogP contribution in [0.4, 0.5) is 0 Å². The van der Waals surface area contributed by atoms with Crippen molar-refractivity contribution in [3.05, 3.63) is 17.7 Å². The molecule has 0 radical (unpaired) electrons. The third-order valence-electron chi connectivity index (χ3n) is 5.51. The molecule has 2 aliphatic rings. The number of carboxylic acid groups (broad SMARTS) is 2. The summed E-state index contributed by atoms with van der Waals surface area (Å²) in [5.74, 6) is -2.60. The van der Waals surface area contributed by atoms with E-state index in [0.717, 1.165) is 25.1 Å². The fourth-order valence-electron chi connectivity index (χ4n) is 3.98. The van der Waals surface area contributed by atoms with Crippen molar-refractivity contribution in [1.29, 1.82) is 0 Å². The first kappa shape index (κ1) is 21.1. The van der Waals surface area contributed by atoms with Gasteiger partial charge in [0.15, 0.2) is 0 Å². The minimum Gasteiger partial charge on any atom is -0.473 e. The van der Waals surface area contributed by atoms with Crippen LogP contribution < -0.4 is 0 Å². The molecule has 27 heavy (non-hydrogen) atoms. The zero-order chi connectivity index (χ0) is 20.0. The Labute approximate surface area is 159 Å². The van der Waals surface area contributed by atoms with Crippen LogP contribution >= 0.6 is 0 Å². The largest absolute Gasteiger partial charge is 0.473 e. The normalized spacial score (nSPS) is 19.5. The lowest BCUT2D eigenvalue weighted by Gasteiger charge is -2.41. The van der Waals surface area contributed by atoms with Crippen LogP contribution in [-0.4, -0.2) is 55.9 Å². The maximum atomic E-state index is 12.4. The molecule has 1 aromatic rings. The van der Waals surface area contributed by atoms with E-state index < -0.39 is 11.9 Å². The number of fused-ring (bicyclic) bond motifs is 1. The van der Waals surface area contributed by atoms with Gasteiger partial charge in [0, 0.05) is 25.1 Å². The Hall–Kier alpha value is -2.22. The van der Waals surface area contributed by atoms with Gasteiger partial charge in [-0.3, -0.25) is 9.69 Å². The van der Waals surface area contributed by atoms with Crippen LogP contribution in [0.2, 0.25) is 0 Å². The molecule has 0 saturated heterocycles. The first-order valence-corrected chi connectivity index (χ1v) is 9.47. The summed E-state index contributed by atoms with van der Waals surface area (Å²) in [6.45, 7) is 5.88. The number of carbonyl (C=O) groups is 3. The molecule has 3 N–H and O–H groups in total. The van der Waals surface area contributed by atoms with Gasteiger partial charge < -0.3 is 15.2 Å². The van der Waals surface area contributed by atoms with Crippen molar-refractivity contribution in [2.24, 2.45) is 5.92 Å². The van der Waals surface area contributed by atoms with Crippen molar-refractivity contribution in [2.45, 2.75) is 64.3 Å². The molecule has 1 aliphatic heterocycles. The molecule has 0 unspecified atom stereocenters. The number of carboxylic acids is 2. The molecule has 1 aliphatic carbocycles. The van der Waals surface area contributed by atoms with Gasteiger partial charge in [-0.1, -0.05) is 32.1 Å². The highest BCUT2D eigenvalue weighted by Crippen LogP contribution is 2.33. The van der Waals surface area contributed by atoms with Gasteiger partial charge >= 0.3 is 11.9 Å². The van der Waals surface area contributed by atoms with Gasteiger partial charge in [0.2, 0.25) is 0 Å². The number of nitrogens with zero attached hydrogens (tertiary/aromatic N) is 2. The van der Waals surface area contributed by atoms with E-state index in [9.17, 15) is 4.79 Å². The predicted octanol–water partition coefficient (Wildman–Crippen LogP) is 2.20. The molecular weight excluding hydrogens is 350 g/mol. The van der Waals surface area contributed by atoms with Crippen molar-refractivity contribution >= 4 is 17.7 Å². The van der Waals surface area contributed by atoms with Crippen LogP contribution in [0.5, 0.6) is 0 Å². The van der Waals surface area contributed by atoms with Gasteiger partial charge in [-0.25, -0.2) is 14.6 Å². The average Bonchev–Trinajstić information content (AvgIpc) is 3.09. The highest BCUT2D eigenvalue weighted by Gasteiger charge is 2.37. The average molecular weight is 379 g/mol. The van der Waals surface area contributed by atoms with Crippen LogP contribution in [-0.2, 0) is 26.3 Å². The van der Waals surface area contributed by atoms with Gasteiger partial charge in [-0.2, -0.15) is 0 Å². The summed E-state index contributed by atoms with van der Waals surface area (Å²) in [4.78, 5) is 40.7. The van der Waals surface area contributed by atoms with Gasteiger partial charge in [0.1, 0.15) is 5.78 Å². The van der Waals surface area contributed by atoms with Crippen molar-refractivity contribution < 1.29 is 24.6 Å². The Balaban J connectivity index is 0.000000380. The smallest absolute Gasteiger partial charge is 0.414 e. The summed E-state index contributed by atoms with van der Waals surface area (Å²) >= 11 is 0. The number of aromatic amines is 1. The highest BCUT2D eigenvalue weighted by molar-refractivity contribution is 6.27. The Morgan fingerprint density at radius 3 is 2.41 bits per heavy atom. The molecule has 8 nitrogen and oxygen atoms in total. The molecule has 8 heteroatoms. The minimum absolute atomic E-state index is 0.143. The fourth-order valence-corrected chi connectivity index (χ4v) is 3.98. The first-order chi connectivity index (χ1) is 12.7. The topological polar surface area (TPSA) is 124 Å². The SMILES string of the molecule is CC1(C)c2nc[nH]c2CCN1CC(=O)CC1CCCCC1.O=C(O)C(=O)O. The second-order valence-corrected chi connectivity index (χ2v) is 7.82. The number of nitrogens with one attached hydrogen (secondary N) is 1. The minimum atomic E-state index is -1.82. The van der Waals surface area contributed by atoms with Crippen LogP contribution in [0.25, 0.3) is 0 Å². The Bertz CT molecular complexity index is 665. The van der Waals surface area contributed by atoms with Crippen molar-refractivity contribution in [3.8, 4) is 0 Å². The van der Waals surface area contributed by atoms with Crippen LogP contribution in [0.3, 0.4) is 0 Å². The maximum absolute atomic E-state index is 12.4. The highest BCUT2D eigenvalue weighted by atomic mass is 16.4.